The standard InChI is InChI=1S/C21H23N5O3S/c22-16-18-6-4-8-23-20(18)24-11-13-25(14-12-24)21(27)17-5-3-7-19(15-17)30(28,29)26-9-1-2-10-26/h3-8,15H,1-2,9-14H2. The third-order valence-corrected chi connectivity index (χ3v) is 7.45. The summed E-state index contributed by atoms with van der Waals surface area (Å²) in [6, 6.07) is 11.9. The van der Waals surface area contributed by atoms with Crippen LogP contribution < -0.4 is 4.90 Å². The Balaban J connectivity index is 1.47. The molecule has 0 N–H and O–H groups in total. The Hall–Kier alpha value is -2.96. The van der Waals surface area contributed by atoms with E-state index in [1.807, 2.05) is 4.90 Å². The van der Waals surface area contributed by atoms with Crippen molar-refractivity contribution in [1.29, 1.82) is 5.26 Å². The van der Waals surface area contributed by atoms with Crippen molar-refractivity contribution in [3.8, 4) is 6.07 Å². The number of pyridine rings is 1. The maximum absolute atomic E-state index is 13.0. The number of anilines is 1. The van der Waals surface area contributed by atoms with Gasteiger partial charge in [-0.3, -0.25) is 4.79 Å². The Morgan fingerprint density at radius 2 is 1.73 bits per heavy atom. The molecule has 4 rings (SSSR count). The molecule has 0 radical (unpaired) electrons. The Kier molecular flexibility index (Phi) is 5.70. The first-order valence-corrected chi connectivity index (χ1v) is 11.4. The summed E-state index contributed by atoms with van der Waals surface area (Å²) in [7, 11) is -3.56. The van der Waals surface area contributed by atoms with E-state index in [2.05, 4.69) is 11.1 Å². The van der Waals surface area contributed by atoms with Gasteiger partial charge in [0, 0.05) is 51.0 Å². The Morgan fingerprint density at radius 3 is 2.43 bits per heavy atom. The molecule has 0 atom stereocenters. The molecule has 2 aliphatic rings. The molecule has 1 aromatic carbocycles. The second-order valence-electron chi connectivity index (χ2n) is 7.40. The van der Waals surface area contributed by atoms with Gasteiger partial charge in [0.25, 0.3) is 5.91 Å². The van der Waals surface area contributed by atoms with Gasteiger partial charge in [-0.25, -0.2) is 13.4 Å². The minimum Gasteiger partial charge on any atom is -0.352 e. The highest BCUT2D eigenvalue weighted by Gasteiger charge is 2.29. The van der Waals surface area contributed by atoms with E-state index >= 15 is 0 Å². The molecule has 1 amide bonds. The van der Waals surface area contributed by atoms with E-state index < -0.39 is 10.0 Å². The molecule has 2 aromatic rings. The molecular formula is C21H23N5O3S. The van der Waals surface area contributed by atoms with Crippen molar-refractivity contribution in [3.63, 3.8) is 0 Å². The molecular weight excluding hydrogens is 402 g/mol. The first-order valence-electron chi connectivity index (χ1n) is 10.0. The molecule has 9 heteroatoms. The fraction of sp³-hybridized carbons (Fsp3) is 0.381. The highest BCUT2D eigenvalue weighted by atomic mass is 32.2. The predicted molar refractivity (Wildman–Crippen MR) is 112 cm³/mol. The molecule has 0 bridgehead atoms. The van der Waals surface area contributed by atoms with Gasteiger partial charge in [-0.2, -0.15) is 9.57 Å². The number of benzene rings is 1. The van der Waals surface area contributed by atoms with E-state index in [1.54, 1.807) is 41.4 Å². The number of amides is 1. The first kappa shape index (κ1) is 20.3. The van der Waals surface area contributed by atoms with Gasteiger partial charge in [-0.15, -0.1) is 0 Å². The Labute approximate surface area is 176 Å². The van der Waals surface area contributed by atoms with E-state index in [1.165, 1.54) is 10.4 Å². The van der Waals surface area contributed by atoms with Crippen LogP contribution in [0.5, 0.6) is 0 Å². The lowest BCUT2D eigenvalue weighted by atomic mass is 10.1. The summed E-state index contributed by atoms with van der Waals surface area (Å²) in [4.78, 5) is 21.2. The maximum Gasteiger partial charge on any atom is 0.254 e. The monoisotopic (exact) mass is 425 g/mol. The van der Waals surface area contributed by atoms with Crippen LogP contribution in [-0.4, -0.2) is 67.8 Å². The van der Waals surface area contributed by atoms with Crippen LogP contribution in [0.3, 0.4) is 0 Å². The van der Waals surface area contributed by atoms with E-state index in [-0.39, 0.29) is 10.8 Å². The molecule has 0 saturated carbocycles. The Morgan fingerprint density at radius 1 is 1.00 bits per heavy atom. The summed E-state index contributed by atoms with van der Waals surface area (Å²) >= 11 is 0. The second kappa shape index (κ2) is 8.42. The number of piperazine rings is 1. The number of rotatable bonds is 4. The summed E-state index contributed by atoms with van der Waals surface area (Å²) < 4.78 is 27.1. The SMILES string of the molecule is N#Cc1cccnc1N1CCN(C(=O)c2cccc(S(=O)(=O)N3CCCC3)c2)CC1. The summed E-state index contributed by atoms with van der Waals surface area (Å²) in [5.41, 5.74) is 0.886. The molecule has 2 fully saturated rings. The fourth-order valence-electron chi connectivity index (χ4n) is 3.91. The molecule has 2 saturated heterocycles. The smallest absolute Gasteiger partial charge is 0.254 e. The van der Waals surface area contributed by atoms with Crippen molar-refractivity contribution in [1.82, 2.24) is 14.2 Å². The van der Waals surface area contributed by atoms with Crippen molar-refractivity contribution in [2.24, 2.45) is 0 Å². The largest absolute Gasteiger partial charge is 0.352 e. The lowest BCUT2D eigenvalue weighted by molar-refractivity contribution is 0.0746. The lowest BCUT2D eigenvalue weighted by Gasteiger charge is -2.35. The molecule has 30 heavy (non-hydrogen) atoms. The third-order valence-electron chi connectivity index (χ3n) is 5.56. The third kappa shape index (κ3) is 3.88. The molecule has 3 heterocycles. The predicted octanol–water partition coefficient (Wildman–Crippen LogP) is 1.70. The molecule has 0 aliphatic carbocycles. The van der Waals surface area contributed by atoms with Crippen LogP contribution >= 0.6 is 0 Å². The van der Waals surface area contributed by atoms with Crippen LogP contribution in [-0.2, 0) is 10.0 Å². The summed E-state index contributed by atoms with van der Waals surface area (Å²) in [5, 5.41) is 9.27. The van der Waals surface area contributed by atoms with Gasteiger partial charge in [-0.05, 0) is 43.2 Å². The fourth-order valence-corrected chi connectivity index (χ4v) is 5.47. The number of nitriles is 1. The van der Waals surface area contributed by atoms with Crippen LogP contribution in [0.1, 0.15) is 28.8 Å². The zero-order valence-electron chi connectivity index (χ0n) is 16.6. The second-order valence-corrected chi connectivity index (χ2v) is 9.34. The average Bonchev–Trinajstić information content (AvgIpc) is 3.35. The highest BCUT2D eigenvalue weighted by Crippen LogP contribution is 2.23. The van der Waals surface area contributed by atoms with Gasteiger partial charge in [-0.1, -0.05) is 6.07 Å². The van der Waals surface area contributed by atoms with Gasteiger partial charge < -0.3 is 9.80 Å². The number of carbonyl (C=O) groups is 1. The first-order chi connectivity index (χ1) is 14.5. The van der Waals surface area contributed by atoms with Crippen molar-refractivity contribution in [2.45, 2.75) is 17.7 Å². The van der Waals surface area contributed by atoms with E-state index in [0.29, 0.717) is 56.2 Å². The molecule has 8 nitrogen and oxygen atoms in total. The van der Waals surface area contributed by atoms with E-state index in [9.17, 15) is 18.5 Å². The van der Waals surface area contributed by atoms with Crippen molar-refractivity contribution < 1.29 is 13.2 Å². The van der Waals surface area contributed by atoms with E-state index in [0.717, 1.165) is 12.8 Å². The minimum absolute atomic E-state index is 0.168. The van der Waals surface area contributed by atoms with Crippen molar-refractivity contribution in [2.75, 3.05) is 44.2 Å². The topological polar surface area (TPSA) is 97.6 Å². The highest BCUT2D eigenvalue weighted by molar-refractivity contribution is 7.89. The summed E-state index contributed by atoms with van der Waals surface area (Å²) in [6.45, 7) is 3.13. The average molecular weight is 426 g/mol. The number of aromatic nitrogens is 1. The molecule has 0 spiro atoms. The van der Waals surface area contributed by atoms with Gasteiger partial charge in [0.15, 0.2) is 0 Å². The number of sulfonamides is 1. The van der Waals surface area contributed by atoms with Gasteiger partial charge in [0.05, 0.1) is 10.5 Å². The molecule has 2 aliphatic heterocycles. The number of nitrogens with zero attached hydrogens (tertiary/aromatic N) is 5. The zero-order chi connectivity index (χ0) is 21.1. The lowest BCUT2D eigenvalue weighted by Crippen LogP contribution is -2.49. The number of hydrogen-bond acceptors (Lipinski definition) is 6. The van der Waals surface area contributed by atoms with Crippen molar-refractivity contribution >= 4 is 21.7 Å². The minimum atomic E-state index is -3.56. The van der Waals surface area contributed by atoms with Crippen LogP contribution in [0.15, 0.2) is 47.5 Å². The van der Waals surface area contributed by atoms with Crippen LogP contribution in [0.2, 0.25) is 0 Å². The van der Waals surface area contributed by atoms with Gasteiger partial charge >= 0.3 is 0 Å². The molecule has 0 unspecified atom stereocenters. The summed E-state index contributed by atoms with van der Waals surface area (Å²) in [5.74, 6) is 0.445. The quantitative estimate of drug-likeness (QED) is 0.740. The number of hydrogen-bond donors (Lipinski definition) is 0. The van der Waals surface area contributed by atoms with Crippen LogP contribution in [0, 0.1) is 11.3 Å². The van der Waals surface area contributed by atoms with E-state index in [4.69, 9.17) is 0 Å². The van der Waals surface area contributed by atoms with Gasteiger partial charge in [0.1, 0.15) is 11.9 Å². The Bertz CT molecular complexity index is 1080. The maximum atomic E-state index is 13.0. The van der Waals surface area contributed by atoms with Crippen LogP contribution in [0.4, 0.5) is 5.82 Å². The zero-order valence-corrected chi connectivity index (χ0v) is 17.4. The molecule has 1 aromatic heterocycles. The molecule has 156 valence electrons. The number of carbonyl (C=O) groups excluding carboxylic acids is 1. The van der Waals surface area contributed by atoms with Crippen LogP contribution in [0.25, 0.3) is 0 Å². The normalized spacial score (nSPS) is 17.7. The summed E-state index contributed by atoms with van der Waals surface area (Å²) in [6.07, 6.45) is 3.39. The van der Waals surface area contributed by atoms with Gasteiger partial charge in [0.2, 0.25) is 10.0 Å². The van der Waals surface area contributed by atoms with Crippen molar-refractivity contribution in [3.05, 3.63) is 53.7 Å².